The van der Waals surface area contributed by atoms with Crippen molar-refractivity contribution in [3.8, 4) is 5.75 Å². The van der Waals surface area contributed by atoms with Crippen molar-refractivity contribution in [2.24, 2.45) is 0 Å². The summed E-state index contributed by atoms with van der Waals surface area (Å²) in [4.78, 5) is 25.9. The lowest BCUT2D eigenvalue weighted by Gasteiger charge is -2.27. The molecule has 0 spiro atoms. The van der Waals surface area contributed by atoms with Gasteiger partial charge in [0, 0.05) is 13.6 Å². The molecule has 0 aromatic heterocycles. The van der Waals surface area contributed by atoms with Crippen molar-refractivity contribution >= 4 is 11.9 Å². The summed E-state index contributed by atoms with van der Waals surface area (Å²) in [5.74, 6) is 0.398. The maximum Gasteiger partial charge on any atom is 0.321 e. The topological polar surface area (TPSA) is 70.7 Å². The van der Waals surface area contributed by atoms with Gasteiger partial charge in [-0.3, -0.25) is 15.0 Å². The van der Waals surface area contributed by atoms with Crippen LogP contribution >= 0.6 is 0 Å². The molecule has 0 fully saturated rings. The van der Waals surface area contributed by atoms with Gasteiger partial charge in [0.15, 0.2) is 0 Å². The van der Waals surface area contributed by atoms with Gasteiger partial charge >= 0.3 is 6.03 Å². The number of amides is 3. The van der Waals surface area contributed by atoms with Crippen LogP contribution in [0.3, 0.4) is 0 Å². The highest BCUT2D eigenvalue weighted by atomic mass is 16.5. The molecule has 0 saturated heterocycles. The molecular weight excluding hydrogens is 318 g/mol. The molecular formula is C19H23N3O3. The lowest BCUT2D eigenvalue weighted by Crippen LogP contribution is -2.45. The molecule has 2 aromatic carbocycles. The molecule has 132 valence electrons. The second-order valence-corrected chi connectivity index (χ2v) is 5.52. The number of nitrogens with one attached hydrogen (secondary N) is 2. The second-order valence-electron chi connectivity index (χ2n) is 5.52. The summed E-state index contributed by atoms with van der Waals surface area (Å²) in [6.45, 7) is 0.951. The van der Waals surface area contributed by atoms with Gasteiger partial charge in [0.1, 0.15) is 18.4 Å². The fourth-order valence-corrected chi connectivity index (χ4v) is 2.44. The molecule has 0 aliphatic carbocycles. The summed E-state index contributed by atoms with van der Waals surface area (Å²) in [7, 11) is 3.30. The number of carbonyl (C=O) groups is 2. The van der Waals surface area contributed by atoms with Gasteiger partial charge in [-0.25, -0.2) is 4.79 Å². The van der Waals surface area contributed by atoms with Gasteiger partial charge in [-0.2, -0.15) is 0 Å². The first-order valence-electron chi connectivity index (χ1n) is 8.07. The molecule has 0 saturated carbocycles. The van der Waals surface area contributed by atoms with E-state index in [0.29, 0.717) is 13.2 Å². The van der Waals surface area contributed by atoms with Crippen molar-refractivity contribution in [2.75, 3.05) is 27.2 Å². The third-order valence-electron chi connectivity index (χ3n) is 3.72. The highest BCUT2D eigenvalue weighted by Crippen LogP contribution is 2.19. The SMILES string of the molecule is CNC(=O)NC(=O)[C@H](c1ccccc1)N(C)CCOc1ccccc1. The third kappa shape index (κ3) is 5.61. The summed E-state index contributed by atoms with van der Waals surface area (Å²) in [5.41, 5.74) is 0.811. The summed E-state index contributed by atoms with van der Waals surface area (Å²) in [6, 6.07) is 17.7. The van der Waals surface area contributed by atoms with Crippen molar-refractivity contribution in [1.29, 1.82) is 0 Å². The highest BCUT2D eigenvalue weighted by Gasteiger charge is 2.26. The molecule has 0 heterocycles. The quantitative estimate of drug-likeness (QED) is 0.810. The molecule has 0 aliphatic rings. The van der Waals surface area contributed by atoms with E-state index in [0.717, 1.165) is 11.3 Å². The van der Waals surface area contributed by atoms with Crippen molar-refractivity contribution in [3.05, 3.63) is 66.2 Å². The van der Waals surface area contributed by atoms with Crippen LogP contribution in [0.4, 0.5) is 4.79 Å². The van der Waals surface area contributed by atoms with E-state index < -0.39 is 12.1 Å². The normalized spacial score (nSPS) is 11.6. The van der Waals surface area contributed by atoms with E-state index in [1.54, 1.807) is 0 Å². The molecule has 2 rings (SSSR count). The number of rotatable bonds is 7. The Bertz CT molecular complexity index is 677. The Labute approximate surface area is 147 Å². The minimum atomic E-state index is -0.585. The predicted octanol–water partition coefficient (Wildman–Crippen LogP) is 2.19. The van der Waals surface area contributed by atoms with Crippen LogP contribution in [-0.4, -0.2) is 44.1 Å². The molecule has 6 heteroatoms. The van der Waals surface area contributed by atoms with Crippen LogP contribution in [0.25, 0.3) is 0 Å². The fourth-order valence-electron chi connectivity index (χ4n) is 2.44. The number of hydrogen-bond donors (Lipinski definition) is 2. The first kappa shape index (κ1) is 18.5. The van der Waals surface area contributed by atoms with E-state index in [1.165, 1.54) is 7.05 Å². The van der Waals surface area contributed by atoms with Gasteiger partial charge in [0.2, 0.25) is 5.91 Å². The number of urea groups is 1. The molecule has 0 bridgehead atoms. The summed E-state index contributed by atoms with van der Waals surface area (Å²) in [6.07, 6.45) is 0. The number of nitrogens with zero attached hydrogens (tertiary/aromatic N) is 1. The van der Waals surface area contributed by atoms with Gasteiger partial charge in [-0.15, -0.1) is 0 Å². The molecule has 6 nitrogen and oxygen atoms in total. The number of likely N-dealkylation sites (N-methyl/N-ethyl adjacent to an activating group) is 1. The first-order valence-corrected chi connectivity index (χ1v) is 8.07. The lowest BCUT2D eigenvalue weighted by molar-refractivity contribution is -0.125. The maximum absolute atomic E-state index is 12.5. The van der Waals surface area contributed by atoms with Crippen molar-refractivity contribution in [2.45, 2.75) is 6.04 Å². The van der Waals surface area contributed by atoms with Crippen LogP contribution in [0, 0.1) is 0 Å². The number of benzene rings is 2. The van der Waals surface area contributed by atoms with E-state index in [9.17, 15) is 9.59 Å². The Hall–Kier alpha value is -2.86. The molecule has 2 aromatic rings. The Balaban J connectivity index is 2.03. The van der Waals surface area contributed by atoms with Gasteiger partial charge < -0.3 is 10.1 Å². The van der Waals surface area contributed by atoms with Crippen LogP contribution in [0.15, 0.2) is 60.7 Å². The maximum atomic E-state index is 12.5. The summed E-state index contributed by atoms with van der Waals surface area (Å²) >= 11 is 0. The smallest absolute Gasteiger partial charge is 0.321 e. The van der Waals surface area contributed by atoms with Gasteiger partial charge in [-0.1, -0.05) is 48.5 Å². The Morgan fingerprint density at radius 2 is 1.64 bits per heavy atom. The van der Waals surface area contributed by atoms with Crippen LogP contribution in [0.2, 0.25) is 0 Å². The minimum Gasteiger partial charge on any atom is -0.492 e. The van der Waals surface area contributed by atoms with Gasteiger partial charge in [-0.05, 0) is 24.7 Å². The van der Waals surface area contributed by atoms with Crippen molar-refractivity contribution in [3.63, 3.8) is 0 Å². The largest absolute Gasteiger partial charge is 0.492 e. The third-order valence-corrected chi connectivity index (χ3v) is 3.72. The van der Waals surface area contributed by atoms with Gasteiger partial charge in [0.25, 0.3) is 0 Å². The van der Waals surface area contributed by atoms with Crippen LogP contribution in [0.1, 0.15) is 11.6 Å². The van der Waals surface area contributed by atoms with Crippen LogP contribution in [-0.2, 0) is 4.79 Å². The first-order chi connectivity index (χ1) is 12.1. The van der Waals surface area contributed by atoms with E-state index in [4.69, 9.17) is 4.74 Å². The summed E-state index contributed by atoms with van der Waals surface area (Å²) < 4.78 is 5.69. The Morgan fingerprint density at radius 3 is 2.24 bits per heavy atom. The van der Waals surface area contributed by atoms with Crippen LogP contribution in [0.5, 0.6) is 5.75 Å². The summed E-state index contributed by atoms with van der Waals surface area (Å²) in [5, 5.41) is 4.74. The molecule has 1 atom stereocenters. The number of ether oxygens (including phenoxy) is 1. The number of imide groups is 1. The average Bonchev–Trinajstić information content (AvgIpc) is 2.63. The highest BCUT2D eigenvalue weighted by molar-refractivity contribution is 5.97. The molecule has 0 aliphatic heterocycles. The van der Waals surface area contributed by atoms with Crippen molar-refractivity contribution in [1.82, 2.24) is 15.5 Å². The Kier molecular flexibility index (Phi) is 6.98. The molecule has 25 heavy (non-hydrogen) atoms. The van der Waals surface area contributed by atoms with Crippen molar-refractivity contribution < 1.29 is 14.3 Å². The number of hydrogen-bond acceptors (Lipinski definition) is 4. The molecule has 2 N–H and O–H groups in total. The zero-order chi connectivity index (χ0) is 18.1. The molecule has 0 radical (unpaired) electrons. The fraction of sp³-hybridized carbons (Fsp3) is 0.263. The number of carbonyl (C=O) groups excluding carboxylic acids is 2. The minimum absolute atomic E-state index is 0.382. The Morgan fingerprint density at radius 1 is 1.04 bits per heavy atom. The molecule has 3 amide bonds. The van der Waals surface area contributed by atoms with E-state index >= 15 is 0 Å². The average molecular weight is 341 g/mol. The predicted molar refractivity (Wildman–Crippen MR) is 96.3 cm³/mol. The zero-order valence-electron chi connectivity index (χ0n) is 14.4. The lowest BCUT2D eigenvalue weighted by atomic mass is 10.0. The van der Waals surface area contributed by atoms with E-state index in [1.807, 2.05) is 72.6 Å². The van der Waals surface area contributed by atoms with E-state index in [2.05, 4.69) is 10.6 Å². The second kappa shape index (κ2) is 9.44. The zero-order valence-corrected chi connectivity index (χ0v) is 14.4. The van der Waals surface area contributed by atoms with Gasteiger partial charge in [0.05, 0.1) is 0 Å². The van der Waals surface area contributed by atoms with Crippen LogP contribution < -0.4 is 15.4 Å². The van der Waals surface area contributed by atoms with E-state index in [-0.39, 0.29) is 5.91 Å². The monoisotopic (exact) mass is 341 g/mol. The standard InChI is InChI=1S/C19H23N3O3/c1-20-19(24)21-18(23)17(15-9-5-3-6-10-15)22(2)13-14-25-16-11-7-4-8-12-16/h3-12,17H,13-14H2,1-2H3,(H2,20,21,23,24)/t17-/m0/s1. The molecule has 0 unspecified atom stereocenters. The number of para-hydroxylation sites is 1.